The molecule has 2 aliphatic rings. The number of amides is 1. The van der Waals surface area contributed by atoms with Gasteiger partial charge in [-0.15, -0.1) is 0 Å². The first-order valence-corrected chi connectivity index (χ1v) is 7.01. The van der Waals surface area contributed by atoms with E-state index in [9.17, 15) is 9.59 Å². The maximum absolute atomic E-state index is 12.2. The number of rotatable bonds is 2. The summed E-state index contributed by atoms with van der Waals surface area (Å²) in [5.74, 6) is -0.352. The van der Waals surface area contributed by atoms with Crippen LogP contribution in [-0.4, -0.2) is 41.3 Å². The Morgan fingerprint density at radius 3 is 2.53 bits per heavy atom. The first-order valence-electron chi connectivity index (χ1n) is 7.01. The highest BCUT2D eigenvalue weighted by molar-refractivity contribution is 5.77. The molecule has 5 nitrogen and oxygen atoms in total. The molecule has 2 rings (SSSR count). The Morgan fingerprint density at radius 1 is 1.26 bits per heavy atom. The molecule has 2 saturated heterocycles. The molecule has 0 spiro atoms. The third-order valence-electron chi connectivity index (χ3n) is 3.73. The predicted octanol–water partition coefficient (Wildman–Crippen LogP) is 2.34. The average molecular weight is 269 g/mol. The van der Waals surface area contributed by atoms with Crippen molar-refractivity contribution < 1.29 is 19.1 Å². The van der Waals surface area contributed by atoms with Crippen molar-refractivity contribution in [2.45, 2.75) is 64.6 Å². The lowest BCUT2D eigenvalue weighted by Crippen LogP contribution is -2.41. The fourth-order valence-corrected chi connectivity index (χ4v) is 3.09. The van der Waals surface area contributed by atoms with E-state index in [0.717, 1.165) is 12.8 Å². The molecule has 0 N–H and O–H groups in total. The van der Waals surface area contributed by atoms with E-state index >= 15 is 0 Å². The van der Waals surface area contributed by atoms with E-state index in [1.807, 2.05) is 20.8 Å². The van der Waals surface area contributed by atoms with Gasteiger partial charge in [-0.1, -0.05) is 0 Å². The van der Waals surface area contributed by atoms with Crippen LogP contribution in [0.1, 0.15) is 47.0 Å². The molecule has 2 bridgehead atoms. The normalized spacial score (nSPS) is 29.5. The topological polar surface area (TPSA) is 55.8 Å². The Balaban J connectivity index is 2.04. The van der Waals surface area contributed by atoms with E-state index in [1.54, 1.807) is 11.8 Å². The van der Waals surface area contributed by atoms with Crippen LogP contribution in [0.5, 0.6) is 0 Å². The number of carbonyl (C=O) groups excluding carboxylic acids is 2. The third kappa shape index (κ3) is 2.85. The molecule has 3 unspecified atom stereocenters. The maximum atomic E-state index is 12.2. The van der Waals surface area contributed by atoms with Crippen molar-refractivity contribution in [3.05, 3.63) is 0 Å². The number of nitrogens with zero attached hydrogens (tertiary/aromatic N) is 1. The van der Waals surface area contributed by atoms with Gasteiger partial charge in [0.25, 0.3) is 0 Å². The second kappa shape index (κ2) is 5.02. The van der Waals surface area contributed by atoms with Crippen LogP contribution in [0.4, 0.5) is 4.79 Å². The minimum Gasteiger partial charge on any atom is -0.466 e. The van der Waals surface area contributed by atoms with E-state index in [2.05, 4.69) is 0 Å². The van der Waals surface area contributed by atoms with Crippen LogP contribution in [0, 0.1) is 5.92 Å². The van der Waals surface area contributed by atoms with Crippen molar-refractivity contribution in [2.24, 2.45) is 5.92 Å². The van der Waals surface area contributed by atoms with Gasteiger partial charge in [0.2, 0.25) is 0 Å². The SMILES string of the molecule is CCOC(=O)C1CC2CCC1N2C(=O)OC(C)(C)C. The van der Waals surface area contributed by atoms with Crippen molar-refractivity contribution in [1.29, 1.82) is 0 Å². The zero-order valence-electron chi connectivity index (χ0n) is 12.1. The Hall–Kier alpha value is -1.26. The van der Waals surface area contributed by atoms with Gasteiger partial charge in [0.1, 0.15) is 5.60 Å². The van der Waals surface area contributed by atoms with Gasteiger partial charge in [-0.3, -0.25) is 4.79 Å². The lowest BCUT2D eigenvalue weighted by atomic mass is 9.89. The van der Waals surface area contributed by atoms with Gasteiger partial charge in [0.15, 0.2) is 0 Å². The summed E-state index contributed by atoms with van der Waals surface area (Å²) >= 11 is 0. The number of esters is 1. The van der Waals surface area contributed by atoms with Crippen molar-refractivity contribution >= 4 is 12.1 Å². The van der Waals surface area contributed by atoms with Crippen molar-refractivity contribution in [3.63, 3.8) is 0 Å². The van der Waals surface area contributed by atoms with Gasteiger partial charge in [-0.05, 0) is 47.0 Å². The van der Waals surface area contributed by atoms with Crippen LogP contribution in [-0.2, 0) is 14.3 Å². The van der Waals surface area contributed by atoms with E-state index in [0.29, 0.717) is 13.0 Å². The minimum atomic E-state index is -0.501. The summed E-state index contributed by atoms with van der Waals surface area (Å²) in [6.45, 7) is 7.75. The summed E-state index contributed by atoms with van der Waals surface area (Å²) < 4.78 is 10.5. The van der Waals surface area contributed by atoms with E-state index in [4.69, 9.17) is 9.47 Å². The Labute approximate surface area is 114 Å². The van der Waals surface area contributed by atoms with Crippen LogP contribution in [0.3, 0.4) is 0 Å². The van der Waals surface area contributed by atoms with Crippen LogP contribution in [0.2, 0.25) is 0 Å². The molecule has 2 aliphatic heterocycles. The predicted molar refractivity (Wildman–Crippen MR) is 69.6 cm³/mol. The third-order valence-corrected chi connectivity index (χ3v) is 3.73. The van der Waals surface area contributed by atoms with Crippen LogP contribution < -0.4 is 0 Å². The highest BCUT2D eigenvalue weighted by Gasteiger charge is 2.52. The monoisotopic (exact) mass is 269 g/mol. The summed E-state index contributed by atoms with van der Waals surface area (Å²) in [4.78, 5) is 25.8. The van der Waals surface area contributed by atoms with Crippen molar-refractivity contribution in [1.82, 2.24) is 4.90 Å². The number of hydrogen-bond acceptors (Lipinski definition) is 4. The second-order valence-corrected chi connectivity index (χ2v) is 6.28. The standard InChI is InChI=1S/C14H23NO4/c1-5-18-12(16)10-8-9-6-7-11(10)15(9)13(17)19-14(2,3)4/h9-11H,5-8H2,1-4H3. The summed E-state index contributed by atoms with van der Waals surface area (Å²) in [5.41, 5.74) is -0.501. The summed E-state index contributed by atoms with van der Waals surface area (Å²) in [6, 6.07) is 0.0909. The van der Waals surface area contributed by atoms with Gasteiger partial charge in [0.05, 0.1) is 12.5 Å². The van der Waals surface area contributed by atoms with Gasteiger partial charge in [-0.25, -0.2) is 4.79 Å². The summed E-state index contributed by atoms with van der Waals surface area (Å²) in [6.07, 6.45) is 2.24. The molecule has 108 valence electrons. The number of carbonyl (C=O) groups is 2. The molecule has 3 atom stereocenters. The molecule has 0 radical (unpaired) electrons. The van der Waals surface area contributed by atoms with Crippen molar-refractivity contribution in [3.8, 4) is 0 Å². The van der Waals surface area contributed by atoms with Crippen LogP contribution in [0.25, 0.3) is 0 Å². The molecule has 0 aromatic heterocycles. The number of fused-ring (bicyclic) bond motifs is 2. The molecule has 0 saturated carbocycles. The molecule has 1 amide bonds. The second-order valence-electron chi connectivity index (χ2n) is 6.28. The summed E-state index contributed by atoms with van der Waals surface area (Å²) in [7, 11) is 0. The molecule has 2 fully saturated rings. The quantitative estimate of drug-likeness (QED) is 0.722. The van der Waals surface area contributed by atoms with Gasteiger partial charge >= 0.3 is 12.1 Å². The molecule has 19 heavy (non-hydrogen) atoms. The van der Waals surface area contributed by atoms with Gasteiger partial charge in [-0.2, -0.15) is 0 Å². The largest absolute Gasteiger partial charge is 0.466 e. The molecule has 5 heteroatoms. The van der Waals surface area contributed by atoms with E-state index < -0.39 is 5.60 Å². The fraction of sp³-hybridized carbons (Fsp3) is 0.857. The Morgan fingerprint density at radius 2 is 1.95 bits per heavy atom. The Bertz CT molecular complexity index is 374. The van der Waals surface area contributed by atoms with Crippen molar-refractivity contribution in [2.75, 3.05) is 6.61 Å². The molecule has 2 heterocycles. The average Bonchev–Trinajstić information content (AvgIpc) is 2.83. The minimum absolute atomic E-state index is 0.0427. The lowest BCUT2D eigenvalue weighted by Gasteiger charge is -2.28. The fourth-order valence-electron chi connectivity index (χ4n) is 3.09. The van der Waals surface area contributed by atoms with E-state index in [-0.39, 0.29) is 30.1 Å². The number of hydrogen-bond donors (Lipinski definition) is 0. The summed E-state index contributed by atoms with van der Waals surface area (Å²) in [5, 5.41) is 0. The molecule has 0 aliphatic carbocycles. The molecule has 0 aromatic carbocycles. The van der Waals surface area contributed by atoms with E-state index in [1.165, 1.54) is 0 Å². The molecule has 0 aromatic rings. The van der Waals surface area contributed by atoms with Crippen LogP contribution >= 0.6 is 0 Å². The highest BCUT2D eigenvalue weighted by atomic mass is 16.6. The zero-order valence-corrected chi connectivity index (χ0v) is 12.1. The smallest absolute Gasteiger partial charge is 0.410 e. The first-order chi connectivity index (χ1) is 8.83. The molecular formula is C14H23NO4. The van der Waals surface area contributed by atoms with Crippen LogP contribution in [0.15, 0.2) is 0 Å². The molecular weight excluding hydrogens is 246 g/mol. The van der Waals surface area contributed by atoms with Gasteiger partial charge in [0, 0.05) is 12.1 Å². The lowest BCUT2D eigenvalue weighted by molar-refractivity contribution is -0.148. The Kier molecular flexibility index (Phi) is 3.74. The first kappa shape index (κ1) is 14.2. The highest BCUT2D eigenvalue weighted by Crippen LogP contribution is 2.42. The van der Waals surface area contributed by atoms with Gasteiger partial charge < -0.3 is 14.4 Å². The number of ether oxygens (including phenoxy) is 2. The zero-order chi connectivity index (χ0) is 14.2. The maximum Gasteiger partial charge on any atom is 0.410 e.